The highest BCUT2D eigenvalue weighted by Gasteiger charge is 2.30. The minimum Gasteiger partial charge on any atom is -0.437 e. The number of sulfonamides is 1. The van der Waals surface area contributed by atoms with Crippen LogP contribution in [-0.4, -0.2) is 42.0 Å². The van der Waals surface area contributed by atoms with Crippen LogP contribution >= 0.6 is 0 Å². The van der Waals surface area contributed by atoms with E-state index in [2.05, 4.69) is 9.97 Å². The third-order valence-electron chi connectivity index (χ3n) is 3.96. The fourth-order valence-electron chi connectivity index (χ4n) is 2.78. The second-order valence-corrected chi connectivity index (χ2v) is 7.75. The van der Waals surface area contributed by atoms with Crippen LogP contribution in [0.5, 0.6) is 11.6 Å². The highest BCUT2D eigenvalue weighted by molar-refractivity contribution is 7.88. The average Bonchev–Trinajstić information content (AvgIpc) is 2.57. The van der Waals surface area contributed by atoms with Gasteiger partial charge in [-0.2, -0.15) is 0 Å². The van der Waals surface area contributed by atoms with Crippen molar-refractivity contribution < 1.29 is 17.5 Å². The van der Waals surface area contributed by atoms with Crippen molar-refractivity contribution in [3.05, 3.63) is 48.2 Å². The van der Waals surface area contributed by atoms with Crippen LogP contribution in [-0.2, 0) is 10.0 Å². The molecule has 1 aromatic carbocycles. The summed E-state index contributed by atoms with van der Waals surface area (Å²) in [6.45, 7) is 0.876. The Hall–Kier alpha value is -2.06. The van der Waals surface area contributed by atoms with Gasteiger partial charge >= 0.3 is 0 Å². The van der Waals surface area contributed by atoms with E-state index < -0.39 is 10.0 Å². The monoisotopic (exact) mass is 351 g/mol. The summed E-state index contributed by atoms with van der Waals surface area (Å²) >= 11 is 0. The zero-order valence-corrected chi connectivity index (χ0v) is 14.0. The largest absolute Gasteiger partial charge is 0.437 e. The van der Waals surface area contributed by atoms with E-state index in [1.807, 2.05) is 0 Å². The Labute approximate surface area is 140 Å². The summed E-state index contributed by atoms with van der Waals surface area (Å²) < 4.78 is 43.8. The molecule has 6 nitrogen and oxygen atoms in total. The first kappa shape index (κ1) is 16.8. The zero-order chi connectivity index (χ0) is 17.2. The van der Waals surface area contributed by atoms with E-state index in [-0.39, 0.29) is 11.7 Å². The molecule has 1 unspecified atom stereocenters. The number of hydrogen-bond acceptors (Lipinski definition) is 5. The van der Waals surface area contributed by atoms with Gasteiger partial charge in [0.2, 0.25) is 15.9 Å². The van der Waals surface area contributed by atoms with Gasteiger partial charge in [-0.1, -0.05) is 0 Å². The maximum absolute atomic E-state index is 13.0. The number of hydrogen-bond donors (Lipinski definition) is 0. The van der Waals surface area contributed by atoms with Crippen molar-refractivity contribution in [2.75, 3.05) is 19.3 Å². The van der Waals surface area contributed by atoms with Crippen LogP contribution in [0.4, 0.5) is 4.39 Å². The summed E-state index contributed by atoms with van der Waals surface area (Å²) in [7, 11) is -3.24. The molecule has 2 heterocycles. The predicted molar refractivity (Wildman–Crippen MR) is 86.9 cm³/mol. The van der Waals surface area contributed by atoms with Crippen LogP contribution in [0.1, 0.15) is 24.5 Å². The molecule has 1 aliphatic rings. The summed E-state index contributed by atoms with van der Waals surface area (Å²) in [4.78, 5) is 8.56. The Bertz CT molecular complexity index is 812. The van der Waals surface area contributed by atoms with Crippen LogP contribution < -0.4 is 4.74 Å². The van der Waals surface area contributed by atoms with Crippen molar-refractivity contribution in [2.24, 2.45) is 0 Å². The molecule has 1 aliphatic heterocycles. The molecular formula is C16H18FN3O3S. The van der Waals surface area contributed by atoms with Gasteiger partial charge in [-0.3, -0.25) is 4.98 Å². The van der Waals surface area contributed by atoms with E-state index >= 15 is 0 Å². The van der Waals surface area contributed by atoms with Crippen LogP contribution in [0.2, 0.25) is 0 Å². The van der Waals surface area contributed by atoms with Crippen molar-refractivity contribution in [1.82, 2.24) is 14.3 Å². The standard InChI is InChI=1S/C16H18FN3O3S/c1-24(21,22)20-10-2-3-12(11-20)15-16(19-9-8-18-15)23-14-6-4-13(17)5-7-14/h4-9,12H,2-3,10-11H2,1H3. The summed E-state index contributed by atoms with van der Waals surface area (Å²) in [6, 6.07) is 5.63. The lowest BCUT2D eigenvalue weighted by atomic mass is 9.96. The summed E-state index contributed by atoms with van der Waals surface area (Å²) in [5.74, 6) is 0.341. The first-order chi connectivity index (χ1) is 11.4. The second kappa shape index (κ2) is 6.82. The van der Waals surface area contributed by atoms with Crippen LogP contribution in [0, 0.1) is 5.82 Å². The molecule has 1 saturated heterocycles. The topological polar surface area (TPSA) is 72.4 Å². The van der Waals surface area contributed by atoms with E-state index in [0.717, 1.165) is 12.8 Å². The smallest absolute Gasteiger partial charge is 0.241 e. The average molecular weight is 351 g/mol. The van der Waals surface area contributed by atoms with Crippen LogP contribution in [0.25, 0.3) is 0 Å². The first-order valence-electron chi connectivity index (χ1n) is 7.63. The molecule has 128 valence electrons. The Morgan fingerprint density at radius 1 is 1.21 bits per heavy atom. The second-order valence-electron chi connectivity index (χ2n) is 5.76. The number of rotatable bonds is 4. The van der Waals surface area contributed by atoms with Crippen molar-refractivity contribution in [2.45, 2.75) is 18.8 Å². The van der Waals surface area contributed by atoms with Gasteiger partial charge in [0.1, 0.15) is 17.3 Å². The van der Waals surface area contributed by atoms with E-state index in [4.69, 9.17) is 4.74 Å². The minimum absolute atomic E-state index is 0.0855. The number of halogens is 1. The van der Waals surface area contributed by atoms with E-state index in [0.29, 0.717) is 30.4 Å². The summed E-state index contributed by atoms with van der Waals surface area (Å²) in [6.07, 6.45) is 5.85. The molecule has 0 spiro atoms. The molecule has 0 aliphatic carbocycles. The highest BCUT2D eigenvalue weighted by Crippen LogP contribution is 2.33. The Morgan fingerprint density at radius 3 is 2.62 bits per heavy atom. The molecule has 0 amide bonds. The van der Waals surface area contributed by atoms with Crippen LogP contribution in [0.3, 0.4) is 0 Å². The van der Waals surface area contributed by atoms with E-state index in [1.54, 1.807) is 6.20 Å². The molecule has 2 aromatic rings. The van der Waals surface area contributed by atoms with Gasteiger partial charge in [-0.25, -0.2) is 22.1 Å². The Morgan fingerprint density at radius 2 is 1.92 bits per heavy atom. The molecule has 0 bridgehead atoms. The Kier molecular flexibility index (Phi) is 4.77. The van der Waals surface area contributed by atoms with Gasteiger partial charge in [-0.05, 0) is 37.1 Å². The zero-order valence-electron chi connectivity index (χ0n) is 13.2. The molecule has 1 atom stereocenters. The van der Waals surface area contributed by atoms with Gasteiger partial charge in [0.05, 0.1) is 6.26 Å². The molecular weight excluding hydrogens is 333 g/mol. The minimum atomic E-state index is -3.24. The fourth-order valence-corrected chi connectivity index (χ4v) is 3.69. The number of benzene rings is 1. The number of nitrogens with zero attached hydrogens (tertiary/aromatic N) is 3. The molecule has 0 N–H and O–H groups in total. The van der Waals surface area contributed by atoms with Crippen molar-refractivity contribution >= 4 is 10.0 Å². The van der Waals surface area contributed by atoms with Gasteiger partial charge in [0.25, 0.3) is 0 Å². The molecule has 1 aromatic heterocycles. The van der Waals surface area contributed by atoms with Gasteiger partial charge < -0.3 is 4.74 Å². The normalized spacial score (nSPS) is 19.2. The maximum atomic E-state index is 13.0. The van der Waals surface area contributed by atoms with Crippen LogP contribution in [0.15, 0.2) is 36.7 Å². The van der Waals surface area contributed by atoms with Gasteiger partial charge in [0, 0.05) is 31.4 Å². The molecule has 24 heavy (non-hydrogen) atoms. The SMILES string of the molecule is CS(=O)(=O)N1CCCC(c2nccnc2Oc2ccc(F)cc2)C1. The van der Waals surface area contributed by atoms with Gasteiger partial charge in [-0.15, -0.1) is 0 Å². The third-order valence-corrected chi connectivity index (χ3v) is 5.23. The molecule has 3 rings (SSSR count). The fraction of sp³-hybridized carbons (Fsp3) is 0.375. The lowest BCUT2D eigenvalue weighted by Gasteiger charge is -2.30. The lowest BCUT2D eigenvalue weighted by molar-refractivity contribution is 0.308. The number of ether oxygens (including phenoxy) is 1. The van der Waals surface area contributed by atoms with Crippen molar-refractivity contribution in [3.8, 4) is 11.6 Å². The summed E-state index contributed by atoms with van der Waals surface area (Å²) in [5, 5.41) is 0. The Balaban J connectivity index is 1.84. The van der Waals surface area contributed by atoms with Crippen molar-refractivity contribution in [1.29, 1.82) is 0 Å². The molecule has 0 radical (unpaired) electrons. The number of aromatic nitrogens is 2. The van der Waals surface area contributed by atoms with E-state index in [9.17, 15) is 12.8 Å². The quantitative estimate of drug-likeness (QED) is 0.846. The first-order valence-corrected chi connectivity index (χ1v) is 9.48. The number of piperidine rings is 1. The summed E-state index contributed by atoms with van der Waals surface area (Å²) in [5.41, 5.74) is 0.621. The lowest BCUT2D eigenvalue weighted by Crippen LogP contribution is -2.38. The maximum Gasteiger partial charge on any atom is 0.241 e. The highest BCUT2D eigenvalue weighted by atomic mass is 32.2. The molecule has 0 saturated carbocycles. The van der Waals surface area contributed by atoms with E-state index in [1.165, 1.54) is 41.0 Å². The molecule has 1 fully saturated rings. The third kappa shape index (κ3) is 3.88. The van der Waals surface area contributed by atoms with Gasteiger partial charge in [0.15, 0.2) is 0 Å². The predicted octanol–water partition coefficient (Wildman–Crippen LogP) is 2.55. The molecule has 8 heteroatoms. The van der Waals surface area contributed by atoms with Crippen molar-refractivity contribution in [3.63, 3.8) is 0 Å².